The van der Waals surface area contributed by atoms with Crippen LogP contribution in [0.25, 0.3) is 22.7 Å². The van der Waals surface area contributed by atoms with E-state index in [1.54, 1.807) is 24.3 Å². The van der Waals surface area contributed by atoms with Crippen LogP contribution in [0.15, 0.2) is 47.0 Å². The molecule has 0 amide bonds. The molecule has 11 heteroatoms. The van der Waals surface area contributed by atoms with Crippen molar-refractivity contribution < 1.29 is 13.2 Å². The Morgan fingerprint density at radius 1 is 1.04 bits per heavy atom. The van der Waals surface area contributed by atoms with Crippen molar-refractivity contribution in [2.75, 3.05) is 0 Å². The molecule has 0 aliphatic heterocycles. The summed E-state index contributed by atoms with van der Waals surface area (Å²) in [6.45, 7) is 0.253. The maximum atomic E-state index is 12.5. The molecule has 0 radical (unpaired) electrons. The van der Waals surface area contributed by atoms with Crippen molar-refractivity contribution in [3.63, 3.8) is 0 Å². The van der Waals surface area contributed by atoms with E-state index >= 15 is 0 Å². The van der Waals surface area contributed by atoms with Gasteiger partial charge in [0.05, 0.1) is 22.8 Å². The molecule has 0 fully saturated rings. The Bertz CT molecular complexity index is 1110. The van der Waals surface area contributed by atoms with Crippen LogP contribution in [0.3, 0.4) is 0 Å². The van der Waals surface area contributed by atoms with Crippen LogP contribution in [0.1, 0.15) is 18.0 Å². The van der Waals surface area contributed by atoms with Gasteiger partial charge in [0, 0.05) is 11.8 Å². The first-order valence-electron chi connectivity index (χ1n) is 7.93. The van der Waals surface area contributed by atoms with Crippen LogP contribution in [0, 0.1) is 0 Å². The highest BCUT2D eigenvalue weighted by molar-refractivity contribution is 6.35. The van der Waals surface area contributed by atoms with E-state index in [4.69, 9.17) is 27.6 Å². The number of alkyl halides is 2. The lowest BCUT2D eigenvalue weighted by molar-refractivity contribution is 0.116. The van der Waals surface area contributed by atoms with E-state index in [9.17, 15) is 8.78 Å². The minimum atomic E-state index is -2.82. The fraction of sp³-hybridized carbons (Fsp3) is 0.118. The summed E-state index contributed by atoms with van der Waals surface area (Å²) in [6.07, 6.45) is -1.38. The first kappa shape index (κ1) is 18.5. The summed E-state index contributed by atoms with van der Waals surface area (Å²) < 4.78 is 31.5. The van der Waals surface area contributed by atoms with E-state index in [0.717, 1.165) is 0 Å². The summed E-state index contributed by atoms with van der Waals surface area (Å²) in [5.41, 5.74) is 2.18. The van der Waals surface area contributed by atoms with Crippen molar-refractivity contribution in [1.82, 2.24) is 30.2 Å². The molecule has 142 valence electrons. The second kappa shape index (κ2) is 7.61. The molecule has 0 atom stereocenters. The molecule has 0 aliphatic carbocycles. The summed E-state index contributed by atoms with van der Waals surface area (Å²) in [4.78, 5) is 4.26. The first-order chi connectivity index (χ1) is 13.5. The molecule has 3 aromatic heterocycles. The molecule has 0 saturated carbocycles. The molecule has 0 N–H and O–H groups in total. The van der Waals surface area contributed by atoms with Crippen molar-refractivity contribution >= 4 is 23.2 Å². The van der Waals surface area contributed by atoms with Gasteiger partial charge in [-0.3, -0.25) is 4.98 Å². The lowest BCUT2D eigenvalue weighted by Crippen LogP contribution is -2.04. The van der Waals surface area contributed by atoms with E-state index in [2.05, 4.69) is 25.5 Å². The van der Waals surface area contributed by atoms with Gasteiger partial charge in [-0.1, -0.05) is 46.6 Å². The summed E-state index contributed by atoms with van der Waals surface area (Å²) in [7, 11) is 0. The minimum absolute atomic E-state index is 0.0332. The van der Waals surface area contributed by atoms with Crippen molar-refractivity contribution in [1.29, 1.82) is 0 Å². The Labute approximate surface area is 166 Å². The molecule has 28 heavy (non-hydrogen) atoms. The van der Waals surface area contributed by atoms with Gasteiger partial charge in [0.25, 0.3) is 5.89 Å². The zero-order valence-electron chi connectivity index (χ0n) is 13.9. The first-order valence-corrected chi connectivity index (χ1v) is 8.69. The standard InChI is InChI=1S/C17H10Cl2F2N6O/c18-12-4-2-1-3-11(12)13-14(19)27(26-23-13)8-10-6-5-9(7-22-10)16-24-25-17(28-16)15(20)21/h1-7,15H,8H2. The van der Waals surface area contributed by atoms with Crippen molar-refractivity contribution in [2.24, 2.45) is 0 Å². The zero-order valence-corrected chi connectivity index (χ0v) is 15.4. The largest absolute Gasteiger partial charge is 0.415 e. The molecule has 4 aromatic rings. The molecule has 0 saturated heterocycles. The van der Waals surface area contributed by atoms with Gasteiger partial charge in [-0.25, -0.2) is 4.68 Å². The summed E-state index contributed by atoms with van der Waals surface area (Å²) in [6, 6.07) is 10.5. The smallest absolute Gasteiger partial charge is 0.314 e. The highest BCUT2D eigenvalue weighted by atomic mass is 35.5. The monoisotopic (exact) mass is 422 g/mol. The molecule has 0 aliphatic rings. The number of hydrogen-bond acceptors (Lipinski definition) is 6. The average Bonchev–Trinajstić information content (AvgIpc) is 3.31. The quantitative estimate of drug-likeness (QED) is 0.464. The third kappa shape index (κ3) is 3.58. The van der Waals surface area contributed by atoms with Gasteiger partial charge >= 0.3 is 6.43 Å². The normalized spacial score (nSPS) is 11.3. The van der Waals surface area contributed by atoms with E-state index in [1.807, 2.05) is 12.1 Å². The van der Waals surface area contributed by atoms with Crippen LogP contribution in [0.5, 0.6) is 0 Å². The second-order valence-electron chi connectivity index (χ2n) is 5.65. The number of halogens is 4. The highest BCUT2D eigenvalue weighted by Crippen LogP contribution is 2.31. The van der Waals surface area contributed by atoms with Crippen LogP contribution >= 0.6 is 23.2 Å². The molecule has 0 unspecified atom stereocenters. The van der Waals surface area contributed by atoms with Gasteiger partial charge < -0.3 is 4.42 Å². The molecule has 7 nitrogen and oxygen atoms in total. The number of nitrogens with zero attached hydrogens (tertiary/aromatic N) is 6. The lowest BCUT2D eigenvalue weighted by atomic mass is 10.2. The predicted octanol–water partition coefficient (Wildman–Crippen LogP) is 4.68. The Kier molecular flexibility index (Phi) is 5.01. The number of aromatic nitrogens is 6. The lowest BCUT2D eigenvalue weighted by Gasteiger charge is -2.04. The van der Waals surface area contributed by atoms with Gasteiger partial charge in [0.1, 0.15) is 5.69 Å². The second-order valence-corrected chi connectivity index (χ2v) is 6.42. The molecule has 3 heterocycles. The molecular weight excluding hydrogens is 413 g/mol. The maximum absolute atomic E-state index is 12.5. The minimum Gasteiger partial charge on any atom is -0.415 e. The number of pyridine rings is 1. The van der Waals surface area contributed by atoms with E-state index in [-0.39, 0.29) is 12.4 Å². The van der Waals surface area contributed by atoms with Gasteiger partial charge in [0.2, 0.25) is 5.89 Å². The molecule has 0 spiro atoms. The van der Waals surface area contributed by atoms with E-state index in [1.165, 1.54) is 10.9 Å². The maximum Gasteiger partial charge on any atom is 0.314 e. The van der Waals surface area contributed by atoms with Gasteiger partial charge in [-0.05, 0) is 18.2 Å². The molecular formula is C17H10Cl2F2N6O. The third-order valence-corrected chi connectivity index (χ3v) is 4.52. The SMILES string of the molecule is FC(F)c1nnc(-c2ccc(Cn3nnc(-c4ccccc4Cl)c3Cl)nc2)o1. The topological polar surface area (TPSA) is 82.5 Å². The van der Waals surface area contributed by atoms with Crippen molar-refractivity contribution in [2.45, 2.75) is 13.0 Å². The molecule has 4 rings (SSSR count). The fourth-order valence-electron chi connectivity index (χ4n) is 2.46. The Hall–Kier alpha value is -2.91. The number of hydrogen-bond donors (Lipinski definition) is 0. The summed E-state index contributed by atoms with van der Waals surface area (Å²) >= 11 is 12.6. The van der Waals surface area contributed by atoms with Crippen LogP contribution in [-0.4, -0.2) is 30.2 Å². The fourth-order valence-corrected chi connectivity index (χ4v) is 2.92. The van der Waals surface area contributed by atoms with Crippen molar-refractivity contribution in [3.05, 3.63) is 64.4 Å². The number of rotatable bonds is 5. The van der Waals surface area contributed by atoms with E-state index in [0.29, 0.717) is 32.7 Å². The van der Waals surface area contributed by atoms with Crippen molar-refractivity contribution in [3.8, 4) is 22.7 Å². The summed E-state index contributed by atoms with van der Waals surface area (Å²) in [5.74, 6) is -0.769. The Balaban J connectivity index is 1.54. The highest BCUT2D eigenvalue weighted by Gasteiger charge is 2.18. The Morgan fingerprint density at radius 2 is 1.86 bits per heavy atom. The number of benzene rings is 1. The predicted molar refractivity (Wildman–Crippen MR) is 97.1 cm³/mol. The van der Waals surface area contributed by atoms with Crippen LogP contribution in [0.4, 0.5) is 8.78 Å². The van der Waals surface area contributed by atoms with Gasteiger partial charge in [-0.15, -0.1) is 15.3 Å². The zero-order chi connectivity index (χ0) is 19.7. The Morgan fingerprint density at radius 3 is 2.54 bits per heavy atom. The van der Waals surface area contributed by atoms with Gasteiger partial charge in [-0.2, -0.15) is 8.78 Å². The van der Waals surface area contributed by atoms with Gasteiger partial charge in [0.15, 0.2) is 5.15 Å². The van der Waals surface area contributed by atoms with Crippen LogP contribution in [-0.2, 0) is 6.54 Å². The average molecular weight is 423 g/mol. The van der Waals surface area contributed by atoms with Crippen LogP contribution < -0.4 is 0 Å². The summed E-state index contributed by atoms with van der Waals surface area (Å²) in [5, 5.41) is 15.8. The van der Waals surface area contributed by atoms with E-state index < -0.39 is 12.3 Å². The molecule has 0 bridgehead atoms. The third-order valence-electron chi connectivity index (χ3n) is 3.81. The van der Waals surface area contributed by atoms with Crippen LogP contribution in [0.2, 0.25) is 10.2 Å². The molecule has 1 aromatic carbocycles.